The van der Waals surface area contributed by atoms with Crippen LogP contribution in [0.1, 0.15) is 29.9 Å². The monoisotopic (exact) mass is 306 g/mol. The first-order valence-corrected chi connectivity index (χ1v) is 8.24. The summed E-state index contributed by atoms with van der Waals surface area (Å²) in [4.78, 5) is 6.77. The van der Waals surface area contributed by atoms with Crippen molar-refractivity contribution in [2.45, 2.75) is 25.7 Å². The van der Waals surface area contributed by atoms with E-state index in [1.54, 1.807) is 0 Å². The molecule has 0 atom stereocenters. The average Bonchev–Trinajstić information content (AvgIpc) is 3.03. The molecule has 23 heavy (non-hydrogen) atoms. The van der Waals surface area contributed by atoms with Crippen LogP contribution in [0.3, 0.4) is 0 Å². The molecule has 0 unspecified atom stereocenters. The van der Waals surface area contributed by atoms with Gasteiger partial charge in [-0.2, -0.15) is 0 Å². The summed E-state index contributed by atoms with van der Waals surface area (Å²) in [7, 11) is 0. The Kier molecular flexibility index (Phi) is 3.45. The fourth-order valence-electron chi connectivity index (χ4n) is 3.61. The highest BCUT2D eigenvalue weighted by Gasteiger charge is 2.22. The molecule has 1 fully saturated rings. The molecule has 3 heterocycles. The number of aryl methyl sites for hydroxylation is 1. The van der Waals surface area contributed by atoms with Gasteiger partial charge in [-0.05, 0) is 61.1 Å². The number of nitrogen functional groups attached to an aromatic ring is 1. The number of nitrogens with two attached hydrogens (primary N) is 1. The summed E-state index contributed by atoms with van der Waals surface area (Å²) in [6, 6.07) is 12.8. The number of imidazole rings is 1. The van der Waals surface area contributed by atoms with E-state index in [2.05, 4.69) is 45.5 Å². The highest BCUT2D eigenvalue weighted by atomic mass is 15.2. The van der Waals surface area contributed by atoms with Gasteiger partial charge in [0, 0.05) is 18.8 Å². The predicted octanol–water partition coefficient (Wildman–Crippen LogP) is 3.61. The summed E-state index contributed by atoms with van der Waals surface area (Å²) in [6.45, 7) is 4.30. The number of piperidine rings is 1. The zero-order chi connectivity index (χ0) is 15.8. The fourth-order valence-corrected chi connectivity index (χ4v) is 3.61. The first-order valence-electron chi connectivity index (χ1n) is 8.24. The first-order chi connectivity index (χ1) is 11.2. The average molecular weight is 306 g/mol. The largest absolute Gasteiger partial charge is 0.399 e. The Bertz CT molecular complexity index is 811. The third kappa shape index (κ3) is 2.65. The lowest BCUT2D eigenvalue weighted by atomic mass is 9.89. The Morgan fingerprint density at radius 2 is 1.83 bits per heavy atom. The predicted molar refractivity (Wildman–Crippen MR) is 95.0 cm³/mol. The third-order valence-corrected chi connectivity index (χ3v) is 4.87. The number of nitrogens with zero attached hydrogens (tertiary/aromatic N) is 3. The highest BCUT2D eigenvalue weighted by Crippen LogP contribution is 2.31. The van der Waals surface area contributed by atoms with E-state index in [4.69, 9.17) is 5.73 Å². The highest BCUT2D eigenvalue weighted by molar-refractivity contribution is 5.57. The molecule has 3 aromatic rings. The molecular weight excluding hydrogens is 284 g/mol. The van der Waals surface area contributed by atoms with Gasteiger partial charge in [-0.3, -0.25) is 4.40 Å². The maximum Gasteiger partial charge on any atom is 0.114 e. The molecule has 0 saturated carbocycles. The minimum Gasteiger partial charge on any atom is -0.399 e. The van der Waals surface area contributed by atoms with Gasteiger partial charge in [0.25, 0.3) is 0 Å². The van der Waals surface area contributed by atoms with E-state index >= 15 is 0 Å². The van der Waals surface area contributed by atoms with E-state index < -0.39 is 0 Å². The van der Waals surface area contributed by atoms with Gasteiger partial charge < -0.3 is 10.6 Å². The summed E-state index contributed by atoms with van der Waals surface area (Å²) in [5.74, 6) is 1.89. The maximum atomic E-state index is 5.79. The number of rotatable bonds is 2. The molecule has 0 radical (unpaired) electrons. The van der Waals surface area contributed by atoms with Crippen LogP contribution in [0.4, 0.5) is 11.5 Å². The minimum absolute atomic E-state index is 0.634. The zero-order valence-electron chi connectivity index (χ0n) is 13.4. The lowest BCUT2D eigenvalue weighted by Gasteiger charge is -2.34. The van der Waals surface area contributed by atoms with Crippen LogP contribution in [0.15, 0.2) is 48.9 Å². The normalized spacial score (nSPS) is 16.1. The van der Waals surface area contributed by atoms with Crippen molar-refractivity contribution in [2.75, 3.05) is 23.7 Å². The summed E-state index contributed by atoms with van der Waals surface area (Å²) in [6.07, 6.45) is 6.19. The van der Waals surface area contributed by atoms with Gasteiger partial charge in [-0.25, -0.2) is 4.98 Å². The molecule has 0 spiro atoms. The lowest BCUT2D eigenvalue weighted by Crippen LogP contribution is -2.34. The molecule has 0 amide bonds. The van der Waals surface area contributed by atoms with Crippen LogP contribution in [0.2, 0.25) is 0 Å². The van der Waals surface area contributed by atoms with E-state index in [-0.39, 0.29) is 0 Å². The first kappa shape index (κ1) is 14.1. The number of hydrogen-bond donors (Lipinski definition) is 1. The quantitative estimate of drug-likeness (QED) is 0.736. The summed E-state index contributed by atoms with van der Waals surface area (Å²) in [5.41, 5.74) is 10.5. The van der Waals surface area contributed by atoms with Crippen molar-refractivity contribution < 1.29 is 0 Å². The minimum atomic E-state index is 0.634. The smallest absolute Gasteiger partial charge is 0.114 e. The molecule has 1 saturated heterocycles. The number of benzene rings is 1. The van der Waals surface area contributed by atoms with Gasteiger partial charge in [0.2, 0.25) is 0 Å². The molecule has 4 nitrogen and oxygen atoms in total. The van der Waals surface area contributed by atoms with Crippen LogP contribution in [-0.4, -0.2) is 22.5 Å². The van der Waals surface area contributed by atoms with Crippen molar-refractivity contribution in [1.29, 1.82) is 0 Å². The van der Waals surface area contributed by atoms with Crippen LogP contribution < -0.4 is 10.6 Å². The number of anilines is 2. The molecule has 4 heteroatoms. The van der Waals surface area contributed by atoms with Gasteiger partial charge in [0.05, 0.1) is 11.7 Å². The van der Waals surface area contributed by atoms with Crippen molar-refractivity contribution in [3.8, 4) is 0 Å². The molecule has 4 rings (SSSR count). The van der Waals surface area contributed by atoms with Crippen LogP contribution in [0, 0.1) is 6.92 Å². The third-order valence-electron chi connectivity index (χ3n) is 4.87. The zero-order valence-corrected chi connectivity index (χ0v) is 13.4. The molecule has 2 aromatic heterocycles. The molecule has 0 aliphatic carbocycles. The maximum absolute atomic E-state index is 5.79. The van der Waals surface area contributed by atoms with Crippen LogP contribution in [-0.2, 0) is 0 Å². The van der Waals surface area contributed by atoms with Crippen molar-refractivity contribution in [2.24, 2.45) is 0 Å². The standard InChI is InChI=1S/C19H22N4/c1-14-10-18-12-21-13-23(18)19(11-14)22-8-6-16(7-9-22)15-2-4-17(20)5-3-15/h2-5,10-13,16H,6-9,20H2,1H3. The second kappa shape index (κ2) is 5.61. The van der Waals surface area contributed by atoms with Crippen molar-refractivity contribution in [3.05, 3.63) is 60.0 Å². The Morgan fingerprint density at radius 1 is 1.09 bits per heavy atom. The van der Waals surface area contributed by atoms with Gasteiger partial charge >= 0.3 is 0 Å². The molecule has 0 bridgehead atoms. The van der Waals surface area contributed by atoms with Crippen molar-refractivity contribution in [3.63, 3.8) is 0 Å². The van der Waals surface area contributed by atoms with Crippen molar-refractivity contribution >= 4 is 17.0 Å². The van der Waals surface area contributed by atoms with E-state index in [1.807, 2.05) is 24.7 Å². The Hall–Kier alpha value is -2.49. The SMILES string of the molecule is Cc1cc(N2CCC(c3ccc(N)cc3)CC2)n2cncc2c1. The van der Waals surface area contributed by atoms with Crippen LogP contribution in [0.25, 0.3) is 5.52 Å². The van der Waals surface area contributed by atoms with E-state index in [9.17, 15) is 0 Å². The molecule has 2 N–H and O–H groups in total. The molecule has 1 aliphatic rings. The number of aromatic nitrogens is 2. The summed E-state index contributed by atoms with van der Waals surface area (Å²) >= 11 is 0. The molecule has 1 aliphatic heterocycles. The molecule has 1 aromatic carbocycles. The van der Waals surface area contributed by atoms with E-state index in [1.165, 1.54) is 35.3 Å². The van der Waals surface area contributed by atoms with E-state index in [0.717, 1.165) is 18.8 Å². The second-order valence-corrected chi connectivity index (χ2v) is 6.51. The van der Waals surface area contributed by atoms with Crippen molar-refractivity contribution in [1.82, 2.24) is 9.38 Å². The number of fused-ring (bicyclic) bond motifs is 1. The number of pyridine rings is 1. The molecule has 118 valence electrons. The fraction of sp³-hybridized carbons (Fsp3) is 0.316. The van der Waals surface area contributed by atoms with Gasteiger partial charge in [0.15, 0.2) is 0 Å². The Labute approximate surface area is 136 Å². The summed E-state index contributed by atoms with van der Waals surface area (Å²) < 4.78 is 2.19. The Balaban J connectivity index is 1.55. The van der Waals surface area contributed by atoms with Crippen LogP contribution >= 0.6 is 0 Å². The Morgan fingerprint density at radius 3 is 2.57 bits per heavy atom. The summed E-state index contributed by atoms with van der Waals surface area (Å²) in [5, 5.41) is 0. The topological polar surface area (TPSA) is 46.6 Å². The van der Waals surface area contributed by atoms with Gasteiger partial charge in [-0.1, -0.05) is 12.1 Å². The lowest BCUT2D eigenvalue weighted by molar-refractivity contribution is 0.501. The number of hydrogen-bond acceptors (Lipinski definition) is 3. The van der Waals surface area contributed by atoms with Gasteiger partial charge in [-0.15, -0.1) is 0 Å². The molecular formula is C19H22N4. The van der Waals surface area contributed by atoms with E-state index in [0.29, 0.717) is 5.92 Å². The van der Waals surface area contributed by atoms with Gasteiger partial charge in [0.1, 0.15) is 12.1 Å². The van der Waals surface area contributed by atoms with Crippen LogP contribution in [0.5, 0.6) is 0 Å². The second-order valence-electron chi connectivity index (χ2n) is 6.51.